The van der Waals surface area contributed by atoms with E-state index in [9.17, 15) is 67.5 Å². The van der Waals surface area contributed by atoms with Crippen molar-refractivity contribution >= 4 is 11.9 Å². The maximum Gasteiger partial charge on any atom is 0.404 e. The van der Waals surface area contributed by atoms with E-state index in [4.69, 9.17) is 14.4 Å². The van der Waals surface area contributed by atoms with Crippen molar-refractivity contribution < 1.29 is 95.1 Å². The lowest BCUT2D eigenvalue weighted by molar-refractivity contribution is -0.385. The van der Waals surface area contributed by atoms with Gasteiger partial charge in [0.15, 0.2) is 16.2 Å². The van der Waals surface area contributed by atoms with Crippen LogP contribution in [0.4, 0.5) is 65.9 Å². The molecule has 0 spiro atoms. The van der Waals surface area contributed by atoms with Gasteiger partial charge in [-0.25, -0.2) is 4.89 Å². The number of hydrogen-bond donors (Lipinski definition) is 1. The van der Waals surface area contributed by atoms with Gasteiger partial charge in [0.05, 0.1) is 5.41 Å². The molecule has 1 N–H and O–H groups in total. The Morgan fingerprint density at radius 1 is 0.494 bits per heavy atom. The molecule has 87 heavy (non-hydrogen) atoms. The van der Waals surface area contributed by atoms with E-state index < -0.39 is 131 Å². The molecule has 6 nitrogen and oxygen atoms in total. The van der Waals surface area contributed by atoms with E-state index in [1.807, 2.05) is 0 Å². The molecule has 0 aromatic heterocycles. The number of ether oxygens (including phenoxy) is 2. The second-order valence-electron chi connectivity index (χ2n) is 29.3. The SMILES string of the molecule is C.C.C.C.C.C.C.C.CC1C2CC(CC(C)(C(F)(F)F)C(F)(F)F)C(C2)C1CC(C)(C(OO)C12CC3CC(CC(C3)C1)C2)C(F)(F)F.CCC(CC(C)(C(=O)OC12CC3CC(CC(C3)C1)C2)C(F)(F)F)(C(=O)OC1C2CC3CC(C2)CC1C3)C(F)(F)F. The van der Waals surface area contributed by atoms with Crippen molar-refractivity contribution in [1.29, 1.82) is 0 Å². The summed E-state index contributed by atoms with van der Waals surface area (Å²) in [6.45, 7) is 4.51. The molecule has 14 saturated carbocycles. The summed E-state index contributed by atoms with van der Waals surface area (Å²) in [5.74, 6) is -3.75. The van der Waals surface area contributed by atoms with E-state index in [1.165, 1.54) is 0 Å². The zero-order chi connectivity index (χ0) is 57.9. The quantitative estimate of drug-likeness (QED) is 0.0808. The molecule has 0 saturated heterocycles. The first-order chi connectivity index (χ1) is 36.3. The third-order valence-corrected chi connectivity index (χ3v) is 24.3. The molecular formula is C66H111F15O6. The largest absolute Gasteiger partial charge is 0.461 e. The predicted molar refractivity (Wildman–Crippen MR) is 309 cm³/mol. The highest BCUT2D eigenvalue weighted by Gasteiger charge is 2.73. The zero-order valence-electron chi connectivity index (χ0n) is 45.7. The molecule has 0 amide bonds. The van der Waals surface area contributed by atoms with Gasteiger partial charge in [-0.3, -0.25) is 14.8 Å². The highest BCUT2D eigenvalue weighted by molar-refractivity contribution is 5.82. The minimum atomic E-state index is -5.52. The fourth-order valence-electron chi connectivity index (χ4n) is 21.1. The number of carbonyl (C=O) groups excluding carboxylic acids is 2. The van der Waals surface area contributed by atoms with Crippen LogP contribution in [0.1, 0.15) is 242 Å². The summed E-state index contributed by atoms with van der Waals surface area (Å²) < 4.78 is 227. The maximum atomic E-state index is 15.0. The van der Waals surface area contributed by atoms with Gasteiger partial charge in [-0.15, -0.1) is 0 Å². The molecule has 0 aromatic rings. The monoisotopic (exact) mass is 1280 g/mol. The van der Waals surface area contributed by atoms with E-state index in [-0.39, 0.29) is 114 Å². The minimum Gasteiger partial charge on any atom is -0.461 e. The predicted octanol–water partition coefficient (Wildman–Crippen LogP) is 22.3. The summed E-state index contributed by atoms with van der Waals surface area (Å²) in [7, 11) is 0. The van der Waals surface area contributed by atoms with E-state index in [1.54, 1.807) is 6.92 Å². The lowest BCUT2D eigenvalue weighted by atomic mass is 9.45. The Hall–Kier alpha value is -2.19. The summed E-state index contributed by atoms with van der Waals surface area (Å²) in [6, 6.07) is 0. The second-order valence-corrected chi connectivity index (χ2v) is 29.3. The first-order valence-corrected chi connectivity index (χ1v) is 29.4. The molecule has 0 radical (unpaired) electrons. The first-order valence-electron chi connectivity index (χ1n) is 29.4. The molecular weight excluding hydrogens is 1170 g/mol. The maximum absolute atomic E-state index is 15.0. The summed E-state index contributed by atoms with van der Waals surface area (Å²) in [4.78, 5) is 31.8. The molecule has 9 atom stereocenters. The average molecular weight is 1290 g/mol. The Bertz CT molecular complexity index is 2160. The molecule has 0 aliphatic heterocycles. The molecule has 14 bridgehead atoms. The van der Waals surface area contributed by atoms with Gasteiger partial charge in [0.1, 0.15) is 17.8 Å². The number of hydrogen-bond acceptors (Lipinski definition) is 6. The highest BCUT2D eigenvalue weighted by Crippen LogP contribution is 2.70. The van der Waals surface area contributed by atoms with Gasteiger partial charge >= 0.3 is 42.8 Å². The second kappa shape index (κ2) is 26.7. The van der Waals surface area contributed by atoms with Crippen LogP contribution in [-0.4, -0.2) is 65.9 Å². The molecule has 14 aliphatic carbocycles. The number of esters is 2. The van der Waals surface area contributed by atoms with Crippen LogP contribution in [0, 0.1) is 116 Å². The van der Waals surface area contributed by atoms with E-state index in [0.29, 0.717) is 81.5 Å². The molecule has 14 aliphatic rings. The molecule has 0 heterocycles. The van der Waals surface area contributed by atoms with Gasteiger partial charge in [0, 0.05) is 5.41 Å². The molecule has 0 aromatic carbocycles. The van der Waals surface area contributed by atoms with Crippen LogP contribution >= 0.6 is 0 Å². The van der Waals surface area contributed by atoms with Crippen LogP contribution in [0.2, 0.25) is 0 Å². The van der Waals surface area contributed by atoms with Crippen LogP contribution in [-0.2, 0) is 24.0 Å². The van der Waals surface area contributed by atoms with Gasteiger partial charge in [-0.05, 0) is 257 Å². The molecule has 21 heteroatoms. The van der Waals surface area contributed by atoms with Crippen molar-refractivity contribution in [1.82, 2.24) is 0 Å². The Kier molecular flexibility index (Phi) is 24.8. The number of alkyl halides is 15. The lowest BCUT2D eigenvalue weighted by Crippen LogP contribution is -2.61. The Morgan fingerprint density at radius 3 is 1.24 bits per heavy atom. The van der Waals surface area contributed by atoms with Crippen LogP contribution in [0.15, 0.2) is 0 Å². The normalized spacial score (nSPS) is 38.8. The van der Waals surface area contributed by atoms with E-state index >= 15 is 13.2 Å². The minimum absolute atomic E-state index is 0. The third-order valence-electron chi connectivity index (χ3n) is 24.3. The van der Waals surface area contributed by atoms with Gasteiger partial charge < -0.3 is 9.47 Å². The van der Waals surface area contributed by atoms with Gasteiger partial charge in [-0.2, -0.15) is 65.9 Å². The number of carbonyl (C=O) groups is 2. The summed E-state index contributed by atoms with van der Waals surface area (Å²) in [5.41, 5.74) is -15.3. The van der Waals surface area contributed by atoms with Crippen LogP contribution < -0.4 is 0 Å². The van der Waals surface area contributed by atoms with Crippen molar-refractivity contribution in [3.05, 3.63) is 0 Å². The van der Waals surface area contributed by atoms with E-state index in [2.05, 4.69) is 0 Å². The van der Waals surface area contributed by atoms with Crippen molar-refractivity contribution in [2.24, 2.45) is 116 Å². The summed E-state index contributed by atoms with van der Waals surface area (Å²) in [5, 5.41) is 10.1. The smallest absolute Gasteiger partial charge is 0.404 e. The van der Waals surface area contributed by atoms with Crippen LogP contribution in [0.5, 0.6) is 0 Å². The van der Waals surface area contributed by atoms with Crippen LogP contribution in [0.25, 0.3) is 0 Å². The lowest BCUT2D eigenvalue weighted by Gasteiger charge is -2.61. The Balaban J connectivity index is 0.000000544. The average Bonchev–Trinajstić information content (AvgIpc) is 2.15. The summed E-state index contributed by atoms with van der Waals surface area (Å²) in [6.07, 6.45) is -19.8. The highest BCUT2D eigenvalue weighted by atomic mass is 19.4. The standard InChI is InChI=1S/C30H40F6O4.C28H39F9O2.8CH4/c1-3-28(30(34,35)36,25(38)39-23-21-8-16-4-17(10-21)11-22(23)9-16)15-26(2,29(31,32)33)24(37)40-27-12-18-5-19(13-27)7-20(6-18)14-27;1-14-18-7-19(12-24(3,27(32,33)34)28(35,36)37)20(8-18)21(14)13-23(2,26(29,30)31)22(39-38)25-9-15-4-16(10-25)6-17(5-15)11-25;;;;;;;;/h16-23H,3-15H2,1-2H3;14-22,38H,4-13H2,1-3H3;8*1H4. The zero-order valence-corrected chi connectivity index (χ0v) is 45.7. The number of fused-ring (bicyclic) bond motifs is 2. The van der Waals surface area contributed by atoms with Gasteiger partial charge in [-0.1, -0.05) is 73.3 Å². The number of halogens is 15. The van der Waals surface area contributed by atoms with E-state index in [0.717, 1.165) is 84.5 Å². The first kappa shape index (κ1) is 80.9. The number of rotatable bonds is 14. The molecule has 9 unspecified atom stereocenters. The Morgan fingerprint density at radius 2 is 0.897 bits per heavy atom. The topological polar surface area (TPSA) is 82.1 Å². The van der Waals surface area contributed by atoms with Crippen molar-refractivity contribution in [3.8, 4) is 0 Å². The van der Waals surface area contributed by atoms with Crippen molar-refractivity contribution in [2.75, 3.05) is 0 Å². The molecule has 14 rings (SSSR count). The van der Waals surface area contributed by atoms with Crippen molar-refractivity contribution in [3.63, 3.8) is 0 Å². The fraction of sp³-hybridized carbons (Fsp3) is 0.970. The van der Waals surface area contributed by atoms with Gasteiger partial charge in [0.25, 0.3) is 0 Å². The summed E-state index contributed by atoms with van der Waals surface area (Å²) >= 11 is 0. The Labute approximate surface area is 511 Å². The fourth-order valence-corrected chi connectivity index (χ4v) is 21.1. The van der Waals surface area contributed by atoms with Gasteiger partial charge in [0.2, 0.25) is 0 Å². The van der Waals surface area contributed by atoms with Crippen molar-refractivity contribution in [2.45, 2.75) is 290 Å². The molecule has 14 fully saturated rings. The van der Waals surface area contributed by atoms with Crippen LogP contribution in [0.3, 0.4) is 0 Å². The third kappa shape index (κ3) is 13.6. The molecule has 516 valence electrons.